The van der Waals surface area contributed by atoms with Gasteiger partial charge in [0.2, 0.25) is 0 Å². The molecule has 0 aromatic carbocycles. The van der Waals surface area contributed by atoms with Gasteiger partial charge in [-0.2, -0.15) is 0 Å². The largest absolute Gasteiger partial charge is 0.378 e. The monoisotopic (exact) mass is 209 g/mol. The van der Waals surface area contributed by atoms with E-state index in [9.17, 15) is 0 Å². The van der Waals surface area contributed by atoms with Gasteiger partial charge < -0.3 is 9.80 Å². The second-order valence-electron chi connectivity index (χ2n) is 4.06. The van der Waals surface area contributed by atoms with E-state index < -0.39 is 0 Å². The van der Waals surface area contributed by atoms with Crippen molar-refractivity contribution in [2.45, 2.75) is 13.8 Å². The Morgan fingerprint density at radius 1 is 1.27 bits per heavy atom. The maximum absolute atomic E-state index is 2.42. The van der Waals surface area contributed by atoms with Crippen LogP contribution in [0.15, 0.2) is 24.0 Å². The third-order valence-corrected chi connectivity index (χ3v) is 2.78. The summed E-state index contributed by atoms with van der Waals surface area (Å²) in [4.78, 5) is 6.89. The molecular weight excluding hydrogens is 186 g/mol. The maximum atomic E-state index is 2.42. The summed E-state index contributed by atoms with van der Waals surface area (Å²) >= 11 is 0. The first kappa shape index (κ1) is 12.1. The Kier molecular flexibility index (Phi) is 4.69. The highest BCUT2D eigenvalue weighted by atomic mass is 15.3. The molecule has 3 nitrogen and oxygen atoms in total. The minimum atomic E-state index is 1.01. The Morgan fingerprint density at radius 2 is 1.93 bits per heavy atom. The topological polar surface area (TPSA) is 9.72 Å². The van der Waals surface area contributed by atoms with Gasteiger partial charge in [-0.1, -0.05) is 13.8 Å². The molecule has 1 aliphatic rings. The Morgan fingerprint density at radius 3 is 2.33 bits per heavy atom. The summed E-state index contributed by atoms with van der Waals surface area (Å²) in [5.41, 5.74) is 1.30. The van der Waals surface area contributed by atoms with Crippen molar-refractivity contribution in [1.82, 2.24) is 14.7 Å². The molecule has 0 saturated carbocycles. The zero-order valence-electron chi connectivity index (χ0n) is 10.4. The van der Waals surface area contributed by atoms with Gasteiger partial charge >= 0.3 is 0 Å². The van der Waals surface area contributed by atoms with E-state index in [1.165, 1.54) is 5.70 Å². The molecule has 0 aromatic rings. The van der Waals surface area contributed by atoms with Gasteiger partial charge in [-0.25, -0.2) is 0 Å². The van der Waals surface area contributed by atoms with Gasteiger partial charge in [-0.15, -0.1) is 0 Å². The standard InChI is InChI=1S/C12H23N3/c1-5-14(6-2)11-15-9-7-12(8-10-15)13(3)4/h7-9H,5-6,10-11H2,1-4H3. The normalized spacial score (nSPS) is 15.8. The smallest absolute Gasteiger partial charge is 0.0704 e. The first-order valence-corrected chi connectivity index (χ1v) is 5.69. The van der Waals surface area contributed by atoms with Crippen molar-refractivity contribution >= 4 is 0 Å². The van der Waals surface area contributed by atoms with Crippen LogP contribution in [-0.2, 0) is 0 Å². The van der Waals surface area contributed by atoms with Crippen LogP contribution in [0, 0.1) is 0 Å². The van der Waals surface area contributed by atoms with Crippen LogP contribution in [0.4, 0.5) is 0 Å². The Labute approximate surface area is 93.6 Å². The number of nitrogens with zero attached hydrogens (tertiary/aromatic N) is 3. The number of rotatable bonds is 5. The van der Waals surface area contributed by atoms with Crippen LogP contribution in [0.1, 0.15) is 13.8 Å². The molecular formula is C12H23N3. The number of hydrogen-bond acceptors (Lipinski definition) is 3. The Hall–Kier alpha value is -0.960. The predicted octanol–water partition coefficient (Wildman–Crippen LogP) is 1.56. The van der Waals surface area contributed by atoms with Gasteiger partial charge in [0.05, 0.1) is 6.67 Å². The lowest BCUT2D eigenvalue weighted by atomic mass is 10.3. The van der Waals surface area contributed by atoms with E-state index in [1.807, 2.05) is 0 Å². The molecule has 3 heteroatoms. The molecule has 0 aromatic heterocycles. The molecule has 86 valence electrons. The van der Waals surface area contributed by atoms with Gasteiger partial charge in [0.1, 0.15) is 0 Å². The van der Waals surface area contributed by atoms with Crippen molar-refractivity contribution in [3.8, 4) is 0 Å². The first-order chi connectivity index (χ1) is 7.17. The van der Waals surface area contributed by atoms with Crippen LogP contribution in [0.2, 0.25) is 0 Å². The van der Waals surface area contributed by atoms with Crippen molar-refractivity contribution in [1.29, 1.82) is 0 Å². The molecule has 0 saturated heterocycles. The molecule has 1 rings (SSSR count). The fraction of sp³-hybridized carbons (Fsp3) is 0.667. The molecule has 15 heavy (non-hydrogen) atoms. The van der Waals surface area contributed by atoms with Crippen LogP contribution in [0.5, 0.6) is 0 Å². The van der Waals surface area contributed by atoms with Gasteiger partial charge in [0.25, 0.3) is 0 Å². The minimum Gasteiger partial charge on any atom is -0.378 e. The summed E-state index contributed by atoms with van der Waals surface area (Å²) in [6.45, 7) is 8.69. The predicted molar refractivity (Wildman–Crippen MR) is 65.4 cm³/mol. The van der Waals surface area contributed by atoms with Crippen molar-refractivity contribution in [2.75, 3.05) is 40.4 Å². The van der Waals surface area contributed by atoms with Crippen molar-refractivity contribution < 1.29 is 0 Å². The van der Waals surface area contributed by atoms with E-state index in [2.05, 4.69) is 61.0 Å². The molecule has 0 fully saturated rings. The fourth-order valence-corrected chi connectivity index (χ4v) is 1.64. The molecule has 0 unspecified atom stereocenters. The van der Waals surface area contributed by atoms with Crippen LogP contribution >= 0.6 is 0 Å². The molecule has 0 radical (unpaired) electrons. The lowest BCUT2D eigenvalue weighted by Crippen LogP contribution is -2.36. The molecule has 0 amide bonds. The van der Waals surface area contributed by atoms with Crippen LogP contribution < -0.4 is 0 Å². The van der Waals surface area contributed by atoms with Gasteiger partial charge in [-0.3, -0.25) is 4.90 Å². The fourth-order valence-electron chi connectivity index (χ4n) is 1.64. The summed E-state index contributed by atoms with van der Waals surface area (Å²) in [6, 6.07) is 0. The van der Waals surface area contributed by atoms with Crippen molar-refractivity contribution in [3.63, 3.8) is 0 Å². The van der Waals surface area contributed by atoms with Gasteiger partial charge in [0, 0.05) is 32.5 Å². The third-order valence-electron chi connectivity index (χ3n) is 2.78. The van der Waals surface area contributed by atoms with Crippen LogP contribution in [-0.4, -0.2) is 55.1 Å². The molecule has 1 heterocycles. The Balaban J connectivity index is 2.42. The van der Waals surface area contributed by atoms with Crippen molar-refractivity contribution in [2.24, 2.45) is 0 Å². The van der Waals surface area contributed by atoms with E-state index in [0.717, 1.165) is 26.3 Å². The highest BCUT2D eigenvalue weighted by Gasteiger charge is 2.08. The van der Waals surface area contributed by atoms with Crippen molar-refractivity contribution in [3.05, 3.63) is 24.0 Å². The van der Waals surface area contributed by atoms with E-state index in [4.69, 9.17) is 0 Å². The van der Waals surface area contributed by atoms with E-state index in [1.54, 1.807) is 0 Å². The first-order valence-electron chi connectivity index (χ1n) is 5.69. The summed E-state index contributed by atoms with van der Waals surface area (Å²) in [6.07, 6.45) is 6.63. The third kappa shape index (κ3) is 3.59. The van der Waals surface area contributed by atoms with Crippen LogP contribution in [0.25, 0.3) is 0 Å². The van der Waals surface area contributed by atoms with Gasteiger partial charge in [0.15, 0.2) is 0 Å². The lowest BCUT2D eigenvalue weighted by Gasteiger charge is -2.30. The molecule has 0 bridgehead atoms. The minimum absolute atomic E-state index is 1.01. The molecule has 0 spiro atoms. The average Bonchev–Trinajstić information content (AvgIpc) is 2.26. The van der Waals surface area contributed by atoms with Gasteiger partial charge in [-0.05, 0) is 25.2 Å². The molecule has 0 atom stereocenters. The lowest BCUT2D eigenvalue weighted by molar-refractivity contribution is 0.193. The van der Waals surface area contributed by atoms with Crippen LogP contribution in [0.3, 0.4) is 0 Å². The quantitative estimate of drug-likeness (QED) is 0.680. The number of likely N-dealkylation sites (N-methyl/N-ethyl adjacent to an activating group) is 1. The van der Waals surface area contributed by atoms with E-state index in [-0.39, 0.29) is 0 Å². The summed E-state index contributed by atoms with van der Waals surface area (Å²) in [5, 5.41) is 0. The second kappa shape index (κ2) is 5.81. The average molecular weight is 209 g/mol. The molecule has 0 N–H and O–H groups in total. The highest BCUT2D eigenvalue weighted by molar-refractivity contribution is 5.20. The highest BCUT2D eigenvalue weighted by Crippen LogP contribution is 2.09. The molecule has 0 aliphatic carbocycles. The molecule has 1 aliphatic heterocycles. The zero-order valence-corrected chi connectivity index (χ0v) is 10.4. The maximum Gasteiger partial charge on any atom is 0.0704 e. The summed E-state index contributed by atoms with van der Waals surface area (Å²) in [7, 11) is 4.16. The Bertz CT molecular complexity index is 239. The zero-order chi connectivity index (χ0) is 11.3. The number of hydrogen-bond donors (Lipinski definition) is 0. The second-order valence-corrected chi connectivity index (χ2v) is 4.06. The SMILES string of the molecule is CCN(CC)CN1C=CC(N(C)C)=CC1. The summed E-state index contributed by atoms with van der Waals surface area (Å²) < 4.78 is 0. The number of allylic oxidation sites excluding steroid dienone is 1. The summed E-state index contributed by atoms with van der Waals surface area (Å²) in [5.74, 6) is 0. The van der Waals surface area contributed by atoms with E-state index in [0.29, 0.717) is 0 Å². The van der Waals surface area contributed by atoms with E-state index >= 15 is 0 Å².